The molecule has 4 nitrogen and oxygen atoms in total. The van der Waals surface area contributed by atoms with Gasteiger partial charge in [-0.3, -0.25) is 4.79 Å². The topological polar surface area (TPSA) is 47.6 Å². The minimum atomic E-state index is -0.222. The van der Waals surface area contributed by atoms with E-state index in [2.05, 4.69) is 21.2 Å². The summed E-state index contributed by atoms with van der Waals surface area (Å²) in [5.41, 5.74) is 0.719. The zero-order valence-corrected chi connectivity index (χ0v) is 11.5. The van der Waals surface area contributed by atoms with E-state index in [9.17, 15) is 4.79 Å². The van der Waals surface area contributed by atoms with Crippen LogP contribution in [-0.4, -0.2) is 31.1 Å². The summed E-state index contributed by atoms with van der Waals surface area (Å²) in [5, 5.41) is 2.78. The van der Waals surface area contributed by atoms with Crippen LogP contribution in [0.5, 0.6) is 5.75 Å². The summed E-state index contributed by atoms with van der Waals surface area (Å²) in [6, 6.07) is 7.26. The molecule has 5 heteroatoms. The van der Waals surface area contributed by atoms with Gasteiger partial charge >= 0.3 is 0 Å². The lowest BCUT2D eigenvalue weighted by atomic mass is 10.3. The van der Waals surface area contributed by atoms with Crippen molar-refractivity contribution in [3.8, 4) is 5.75 Å². The average molecular weight is 302 g/mol. The van der Waals surface area contributed by atoms with Crippen LogP contribution < -0.4 is 10.1 Å². The van der Waals surface area contributed by atoms with Crippen LogP contribution in [0, 0.1) is 0 Å². The molecule has 0 saturated carbocycles. The van der Waals surface area contributed by atoms with E-state index in [-0.39, 0.29) is 10.7 Å². The van der Waals surface area contributed by atoms with E-state index >= 15 is 0 Å². The summed E-state index contributed by atoms with van der Waals surface area (Å²) in [7, 11) is 1.62. The maximum absolute atomic E-state index is 11.5. The number of carbonyl (C=O) groups is 1. The van der Waals surface area contributed by atoms with Crippen LogP contribution in [0.3, 0.4) is 0 Å². The molecule has 0 spiro atoms. The smallest absolute Gasteiger partial charge is 0.237 e. The van der Waals surface area contributed by atoms with Gasteiger partial charge in [0.1, 0.15) is 12.4 Å². The van der Waals surface area contributed by atoms with Crippen molar-refractivity contribution in [1.29, 1.82) is 0 Å². The second-order valence-electron chi connectivity index (χ2n) is 3.47. The molecule has 0 aliphatic heterocycles. The van der Waals surface area contributed by atoms with Crippen LogP contribution in [0.1, 0.15) is 6.92 Å². The first-order valence-corrected chi connectivity index (χ1v) is 6.22. The van der Waals surface area contributed by atoms with Gasteiger partial charge in [-0.1, -0.05) is 22.0 Å². The summed E-state index contributed by atoms with van der Waals surface area (Å²) in [5.74, 6) is 0.626. The third kappa shape index (κ3) is 5.19. The van der Waals surface area contributed by atoms with E-state index in [1.807, 2.05) is 18.2 Å². The monoisotopic (exact) mass is 301 g/mol. The van der Waals surface area contributed by atoms with Crippen LogP contribution in [-0.2, 0) is 9.53 Å². The van der Waals surface area contributed by atoms with Gasteiger partial charge in [0, 0.05) is 18.9 Å². The summed E-state index contributed by atoms with van der Waals surface area (Å²) >= 11 is 3.21. The maximum Gasteiger partial charge on any atom is 0.237 e. The summed E-state index contributed by atoms with van der Waals surface area (Å²) in [6.07, 6.45) is 0. The van der Waals surface area contributed by atoms with E-state index in [1.54, 1.807) is 20.1 Å². The van der Waals surface area contributed by atoms with Gasteiger partial charge in [0.05, 0.1) is 11.4 Å². The first-order chi connectivity index (χ1) is 8.13. The van der Waals surface area contributed by atoms with Crippen LogP contribution in [0.25, 0.3) is 0 Å². The standard InChI is InChI=1S/C12H16BrNO3/c1-9(13)12(15)14-10-4-3-5-11(8-10)17-7-6-16-2/h3-5,8-9H,6-7H2,1-2H3,(H,14,15). The molecule has 0 aliphatic carbocycles. The molecule has 0 radical (unpaired) electrons. The Morgan fingerprint density at radius 2 is 2.24 bits per heavy atom. The third-order valence-corrected chi connectivity index (χ3v) is 2.43. The molecular weight excluding hydrogens is 286 g/mol. The quantitative estimate of drug-likeness (QED) is 0.648. The van der Waals surface area contributed by atoms with Gasteiger partial charge in [0.25, 0.3) is 0 Å². The molecule has 1 aromatic carbocycles. The van der Waals surface area contributed by atoms with E-state index in [0.717, 1.165) is 5.69 Å². The van der Waals surface area contributed by atoms with Crippen molar-refractivity contribution in [2.45, 2.75) is 11.8 Å². The van der Waals surface area contributed by atoms with Gasteiger partial charge in [-0.2, -0.15) is 0 Å². The molecule has 0 aromatic heterocycles. The van der Waals surface area contributed by atoms with Crippen molar-refractivity contribution in [2.24, 2.45) is 0 Å². The molecule has 1 unspecified atom stereocenters. The molecule has 1 amide bonds. The number of methoxy groups -OCH3 is 1. The fourth-order valence-electron chi connectivity index (χ4n) is 1.15. The Morgan fingerprint density at radius 1 is 1.47 bits per heavy atom. The highest BCUT2D eigenvalue weighted by Gasteiger charge is 2.08. The highest BCUT2D eigenvalue weighted by molar-refractivity contribution is 9.10. The van der Waals surface area contributed by atoms with E-state index < -0.39 is 0 Å². The van der Waals surface area contributed by atoms with Crippen molar-refractivity contribution in [3.05, 3.63) is 24.3 Å². The number of halogens is 1. The number of alkyl halides is 1. The Bertz CT molecular complexity index is 369. The van der Waals surface area contributed by atoms with Gasteiger partial charge in [-0.15, -0.1) is 0 Å². The highest BCUT2D eigenvalue weighted by atomic mass is 79.9. The molecule has 1 atom stereocenters. The predicted molar refractivity (Wildman–Crippen MR) is 70.8 cm³/mol. The Balaban J connectivity index is 2.56. The lowest BCUT2D eigenvalue weighted by Gasteiger charge is -2.09. The molecule has 0 bridgehead atoms. The Labute approximate surface area is 109 Å². The van der Waals surface area contributed by atoms with Crippen molar-refractivity contribution >= 4 is 27.5 Å². The average Bonchev–Trinajstić information content (AvgIpc) is 2.30. The van der Waals surface area contributed by atoms with Crippen LogP contribution >= 0.6 is 15.9 Å². The van der Waals surface area contributed by atoms with Gasteiger partial charge in [0.2, 0.25) is 5.91 Å². The Morgan fingerprint density at radius 3 is 2.88 bits per heavy atom. The second-order valence-corrected chi connectivity index (χ2v) is 4.85. The number of ether oxygens (including phenoxy) is 2. The van der Waals surface area contributed by atoms with Crippen molar-refractivity contribution in [3.63, 3.8) is 0 Å². The van der Waals surface area contributed by atoms with Gasteiger partial charge in [-0.25, -0.2) is 0 Å². The third-order valence-electron chi connectivity index (χ3n) is 2.02. The lowest BCUT2D eigenvalue weighted by Crippen LogP contribution is -2.19. The minimum Gasteiger partial charge on any atom is -0.491 e. The molecular formula is C12H16BrNO3. The fraction of sp³-hybridized carbons (Fsp3) is 0.417. The van der Waals surface area contributed by atoms with Gasteiger partial charge in [0.15, 0.2) is 0 Å². The molecule has 0 saturated heterocycles. The summed E-state index contributed by atoms with van der Waals surface area (Å²) < 4.78 is 10.3. The first-order valence-electron chi connectivity index (χ1n) is 5.30. The molecule has 1 aromatic rings. The molecule has 1 N–H and O–H groups in total. The van der Waals surface area contributed by atoms with Crippen molar-refractivity contribution < 1.29 is 14.3 Å². The number of carbonyl (C=O) groups excluding carboxylic acids is 1. The number of hydrogen-bond acceptors (Lipinski definition) is 3. The Kier molecular flexibility index (Phi) is 6.00. The number of rotatable bonds is 6. The number of benzene rings is 1. The second kappa shape index (κ2) is 7.29. The molecule has 0 aliphatic rings. The van der Waals surface area contributed by atoms with Crippen molar-refractivity contribution in [1.82, 2.24) is 0 Å². The summed E-state index contributed by atoms with van der Waals surface area (Å²) in [4.78, 5) is 11.2. The zero-order chi connectivity index (χ0) is 12.7. The highest BCUT2D eigenvalue weighted by Crippen LogP contribution is 2.18. The zero-order valence-electron chi connectivity index (χ0n) is 9.90. The fourth-order valence-corrected chi connectivity index (χ4v) is 1.26. The van der Waals surface area contributed by atoms with E-state index in [0.29, 0.717) is 19.0 Å². The van der Waals surface area contributed by atoms with Crippen molar-refractivity contribution in [2.75, 3.05) is 25.6 Å². The molecule has 0 fully saturated rings. The Hall–Kier alpha value is -1.07. The normalized spacial score (nSPS) is 11.9. The SMILES string of the molecule is COCCOc1cccc(NC(=O)C(C)Br)c1. The largest absolute Gasteiger partial charge is 0.491 e. The number of amides is 1. The lowest BCUT2D eigenvalue weighted by molar-refractivity contribution is -0.115. The van der Waals surface area contributed by atoms with E-state index in [4.69, 9.17) is 9.47 Å². The molecule has 1 rings (SSSR count). The van der Waals surface area contributed by atoms with Gasteiger partial charge < -0.3 is 14.8 Å². The van der Waals surface area contributed by atoms with Crippen LogP contribution in [0.15, 0.2) is 24.3 Å². The summed E-state index contributed by atoms with van der Waals surface area (Å²) in [6.45, 7) is 2.80. The van der Waals surface area contributed by atoms with Crippen LogP contribution in [0.2, 0.25) is 0 Å². The molecule has 0 heterocycles. The minimum absolute atomic E-state index is 0.0842. The van der Waals surface area contributed by atoms with E-state index in [1.165, 1.54) is 0 Å². The number of nitrogens with one attached hydrogen (secondary N) is 1. The number of hydrogen-bond donors (Lipinski definition) is 1. The maximum atomic E-state index is 11.5. The van der Waals surface area contributed by atoms with Crippen LogP contribution in [0.4, 0.5) is 5.69 Å². The predicted octanol–water partition coefficient (Wildman–Crippen LogP) is 2.43. The molecule has 17 heavy (non-hydrogen) atoms. The van der Waals surface area contributed by atoms with Gasteiger partial charge in [-0.05, 0) is 19.1 Å². The number of anilines is 1. The first kappa shape index (κ1) is 14.0. The molecule has 94 valence electrons.